The predicted molar refractivity (Wildman–Crippen MR) is 96.4 cm³/mol. The number of halogens is 2. The summed E-state index contributed by atoms with van der Waals surface area (Å²) in [7, 11) is 0. The lowest BCUT2D eigenvalue weighted by atomic mass is 10.3. The van der Waals surface area contributed by atoms with Crippen LogP contribution in [0.15, 0.2) is 63.2 Å². The van der Waals surface area contributed by atoms with Gasteiger partial charge >= 0.3 is 0 Å². The number of hydrogen-bond donors (Lipinski definition) is 0. The molecule has 23 heavy (non-hydrogen) atoms. The zero-order chi connectivity index (χ0) is 16.4. The van der Waals surface area contributed by atoms with Crippen molar-refractivity contribution in [1.29, 1.82) is 0 Å². The van der Waals surface area contributed by atoms with E-state index in [9.17, 15) is 0 Å². The van der Waals surface area contributed by atoms with E-state index in [0.717, 1.165) is 32.9 Å². The van der Waals surface area contributed by atoms with Crippen LogP contribution in [0.1, 0.15) is 11.4 Å². The first kappa shape index (κ1) is 15.9. The van der Waals surface area contributed by atoms with E-state index in [1.807, 2.05) is 67.1 Å². The minimum atomic E-state index is 0.699. The van der Waals surface area contributed by atoms with Crippen molar-refractivity contribution in [2.45, 2.75) is 13.8 Å². The Morgan fingerprint density at radius 1 is 0.957 bits per heavy atom. The molecule has 0 aliphatic rings. The molecule has 0 fully saturated rings. The van der Waals surface area contributed by atoms with Crippen molar-refractivity contribution in [3.05, 3.63) is 69.4 Å². The van der Waals surface area contributed by atoms with Crippen LogP contribution in [-0.2, 0) is 0 Å². The molecular weight excluding hydrogens is 376 g/mol. The molecule has 0 N–H and O–H groups in total. The maximum atomic E-state index is 5.94. The first-order valence-corrected chi connectivity index (χ1v) is 8.21. The fourth-order valence-corrected chi connectivity index (χ4v) is 2.62. The highest BCUT2D eigenvalue weighted by Crippen LogP contribution is 2.28. The highest BCUT2D eigenvalue weighted by molar-refractivity contribution is 9.10. The first-order chi connectivity index (χ1) is 11.0. The average Bonchev–Trinajstić information content (AvgIpc) is 2.82. The minimum absolute atomic E-state index is 0.699. The number of rotatable bonds is 3. The van der Waals surface area contributed by atoms with Gasteiger partial charge in [-0.3, -0.25) is 0 Å². The van der Waals surface area contributed by atoms with Gasteiger partial charge in [0, 0.05) is 9.50 Å². The van der Waals surface area contributed by atoms with Gasteiger partial charge in [0.15, 0.2) is 0 Å². The lowest BCUT2D eigenvalue weighted by Crippen LogP contribution is -1.98. The molecule has 0 atom stereocenters. The Morgan fingerprint density at radius 2 is 1.61 bits per heavy atom. The van der Waals surface area contributed by atoms with Gasteiger partial charge in [0.05, 0.1) is 22.8 Å². The van der Waals surface area contributed by atoms with Gasteiger partial charge in [-0.1, -0.05) is 27.5 Å². The van der Waals surface area contributed by atoms with Gasteiger partial charge in [-0.15, -0.1) is 5.11 Å². The Kier molecular flexibility index (Phi) is 4.59. The number of hydrogen-bond acceptors (Lipinski definition) is 3. The third kappa shape index (κ3) is 3.51. The standard InChI is InChI=1S/C17H14BrClN4/c1-11-17(21-20-15-7-3-13(18)4-8-15)12(2)23(22-11)16-9-5-14(19)6-10-16/h3-10H,1-2H3. The maximum Gasteiger partial charge on any atom is 0.130 e. The molecule has 1 aromatic heterocycles. The van der Waals surface area contributed by atoms with Crippen molar-refractivity contribution in [2.24, 2.45) is 10.2 Å². The maximum absolute atomic E-state index is 5.94. The Bertz CT molecular complexity index is 852. The number of benzene rings is 2. The zero-order valence-corrected chi connectivity index (χ0v) is 15.0. The van der Waals surface area contributed by atoms with Crippen LogP contribution >= 0.6 is 27.5 Å². The predicted octanol–water partition coefficient (Wildman–Crippen LogP) is 6.32. The van der Waals surface area contributed by atoms with E-state index in [2.05, 4.69) is 31.3 Å². The molecule has 0 spiro atoms. The lowest BCUT2D eigenvalue weighted by Gasteiger charge is -2.03. The van der Waals surface area contributed by atoms with Gasteiger partial charge in [-0.25, -0.2) is 4.68 Å². The van der Waals surface area contributed by atoms with Crippen molar-refractivity contribution in [1.82, 2.24) is 9.78 Å². The van der Waals surface area contributed by atoms with Crippen molar-refractivity contribution >= 4 is 38.9 Å². The Labute approximate surface area is 148 Å². The summed E-state index contributed by atoms with van der Waals surface area (Å²) in [6.45, 7) is 3.90. The third-order valence-corrected chi connectivity index (χ3v) is 4.20. The molecule has 0 radical (unpaired) electrons. The number of aryl methyl sites for hydroxylation is 1. The third-order valence-electron chi connectivity index (χ3n) is 3.42. The Balaban J connectivity index is 1.94. The Morgan fingerprint density at radius 3 is 2.26 bits per heavy atom. The molecule has 0 amide bonds. The summed E-state index contributed by atoms with van der Waals surface area (Å²) in [6, 6.07) is 15.2. The van der Waals surface area contributed by atoms with Crippen LogP contribution in [0.3, 0.4) is 0 Å². The zero-order valence-electron chi connectivity index (χ0n) is 12.7. The fourth-order valence-electron chi connectivity index (χ4n) is 2.23. The average molecular weight is 390 g/mol. The van der Waals surface area contributed by atoms with Crippen molar-refractivity contribution in [3.63, 3.8) is 0 Å². The number of aromatic nitrogens is 2. The molecule has 2 aromatic carbocycles. The summed E-state index contributed by atoms with van der Waals surface area (Å²) in [6.07, 6.45) is 0. The van der Waals surface area contributed by atoms with E-state index in [1.54, 1.807) is 0 Å². The largest absolute Gasteiger partial charge is 0.236 e. The molecule has 4 nitrogen and oxygen atoms in total. The van der Waals surface area contributed by atoms with Gasteiger partial charge in [0.1, 0.15) is 5.69 Å². The molecule has 3 rings (SSSR count). The van der Waals surface area contributed by atoms with Gasteiger partial charge in [-0.2, -0.15) is 10.2 Å². The van der Waals surface area contributed by atoms with Crippen LogP contribution in [0.25, 0.3) is 5.69 Å². The summed E-state index contributed by atoms with van der Waals surface area (Å²) in [5.41, 5.74) is 4.29. The smallest absolute Gasteiger partial charge is 0.130 e. The normalized spacial score (nSPS) is 11.3. The SMILES string of the molecule is Cc1nn(-c2ccc(Cl)cc2)c(C)c1N=Nc1ccc(Br)cc1. The molecule has 0 bridgehead atoms. The van der Waals surface area contributed by atoms with E-state index in [4.69, 9.17) is 11.6 Å². The molecule has 0 aliphatic carbocycles. The molecule has 0 aliphatic heterocycles. The molecule has 116 valence electrons. The minimum Gasteiger partial charge on any atom is -0.236 e. The monoisotopic (exact) mass is 388 g/mol. The molecule has 0 saturated carbocycles. The Hall–Kier alpha value is -1.98. The molecule has 3 aromatic rings. The first-order valence-electron chi connectivity index (χ1n) is 7.04. The van der Waals surface area contributed by atoms with E-state index in [-0.39, 0.29) is 0 Å². The summed E-state index contributed by atoms with van der Waals surface area (Å²) in [5.74, 6) is 0. The van der Waals surface area contributed by atoms with Crippen LogP contribution in [0.4, 0.5) is 11.4 Å². The molecule has 6 heteroatoms. The fraction of sp³-hybridized carbons (Fsp3) is 0.118. The second kappa shape index (κ2) is 6.64. The van der Waals surface area contributed by atoms with Crippen LogP contribution in [0.5, 0.6) is 0 Å². The van der Waals surface area contributed by atoms with E-state index in [0.29, 0.717) is 5.02 Å². The van der Waals surface area contributed by atoms with Crippen molar-refractivity contribution in [3.8, 4) is 5.69 Å². The van der Waals surface area contributed by atoms with Gasteiger partial charge < -0.3 is 0 Å². The van der Waals surface area contributed by atoms with E-state index in [1.165, 1.54) is 0 Å². The van der Waals surface area contributed by atoms with E-state index >= 15 is 0 Å². The summed E-state index contributed by atoms with van der Waals surface area (Å²) in [5, 5.41) is 13.9. The van der Waals surface area contributed by atoms with Crippen LogP contribution in [0.2, 0.25) is 5.02 Å². The van der Waals surface area contributed by atoms with Crippen LogP contribution in [-0.4, -0.2) is 9.78 Å². The van der Waals surface area contributed by atoms with Gasteiger partial charge in [0.2, 0.25) is 0 Å². The van der Waals surface area contributed by atoms with Crippen molar-refractivity contribution in [2.75, 3.05) is 0 Å². The highest BCUT2D eigenvalue weighted by atomic mass is 79.9. The van der Waals surface area contributed by atoms with Gasteiger partial charge in [-0.05, 0) is 62.4 Å². The lowest BCUT2D eigenvalue weighted by molar-refractivity contribution is 0.833. The molecule has 0 saturated heterocycles. The number of azo groups is 1. The summed E-state index contributed by atoms with van der Waals surface area (Å²) >= 11 is 9.34. The molecule has 1 heterocycles. The second-order valence-electron chi connectivity index (χ2n) is 5.08. The summed E-state index contributed by atoms with van der Waals surface area (Å²) in [4.78, 5) is 0. The topological polar surface area (TPSA) is 42.5 Å². The quantitative estimate of drug-likeness (QED) is 0.483. The second-order valence-corrected chi connectivity index (χ2v) is 6.44. The summed E-state index contributed by atoms with van der Waals surface area (Å²) < 4.78 is 2.86. The molecule has 0 unspecified atom stereocenters. The van der Waals surface area contributed by atoms with Crippen LogP contribution in [0, 0.1) is 13.8 Å². The van der Waals surface area contributed by atoms with Gasteiger partial charge in [0.25, 0.3) is 0 Å². The van der Waals surface area contributed by atoms with Crippen LogP contribution < -0.4 is 0 Å². The number of nitrogens with zero attached hydrogens (tertiary/aromatic N) is 4. The van der Waals surface area contributed by atoms with Crippen molar-refractivity contribution < 1.29 is 0 Å². The highest BCUT2D eigenvalue weighted by Gasteiger charge is 2.12. The van der Waals surface area contributed by atoms with E-state index < -0.39 is 0 Å². The molecular formula is C17H14BrClN4.